The smallest absolute Gasteiger partial charge is 0.339 e. The first-order chi connectivity index (χ1) is 21.0. The number of esters is 1. The summed E-state index contributed by atoms with van der Waals surface area (Å²) < 4.78 is 7.12. The van der Waals surface area contributed by atoms with Crippen molar-refractivity contribution < 1.29 is 14.6 Å². The van der Waals surface area contributed by atoms with Crippen LogP contribution in [0.1, 0.15) is 58.3 Å². The molecule has 3 aromatic carbocycles. The lowest BCUT2D eigenvalue weighted by molar-refractivity contribution is -0.796. The molecule has 0 radical (unpaired) electrons. The number of carbonyl (C=O) groups is 1. The average molecular weight is 574 g/mol. The number of hydrogen-bond acceptors (Lipinski definition) is 6. The van der Waals surface area contributed by atoms with E-state index in [1.165, 1.54) is 7.11 Å². The van der Waals surface area contributed by atoms with E-state index in [9.17, 15) is 4.79 Å². The van der Waals surface area contributed by atoms with Crippen LogP contribution in [0.15, 0.2) is 84.0 Å². The Morgan fingerprint density at radius 1 is 0.977 bits per heavy atom. The zero-order valence-electron chi connectivity index (χ0n) is 24.9. The highest BCUT2D eigenvalue weighted by Crippen LogP contribution is 2.27. The van der Waals surface area contributed by atoms with Gasteiger partial charge in [0.15, 0.2) is 17.2 Å². The third-order valence-electron chi connectivity index (χ3n) is 7.81. The van der Waals surface area contributed by atoms with Gasteiger partial charge in [0.2, 0.25) is 0 Å². The van der Waals surface area contributed by atoms with Crippen LogP contribution in [0.3, 0.4) is 0 Å². The minimum absolute atomic E-state index is 0.399. The molecule has 1 aliphatic heterocycles. The number of benzene rings is 3. The molecule has 1 unspecified atom stereocenters. The Morgan fingerprint density at radius 3 is 2.47 bits per heavy atom. The first kappa shape index (κ1) is 28.3. The molecule has 0 saturated carbocycles. The number of pyridine rings is 1. The highest BCUT2D eigenvalue weighted by Gasteiger charge is 2.20. The molecule has 0 bridgehead atoms. The third-order valence-corrected chi connectivity index (χ3v) is 7.81. The van der Waals surface area contributed by atoms with Gasteiger partial charge in [-0.25, -0.2) is 19.9 Å². The summed E-state index contributed by atoms with van der Waals surface area (Å²) in [6.07, 6.45) is 2.93. The first-order valence-corrected chi connectivity index (χ1v) is 14.6. The minimum Gasteiger partial charge on any atom is -0.465 e. The average Bonchev–Trinajstić information content (AvgIpc) is 3.65. The van der Waals surface area contributed by atoms with E-state index in [-0.39, 0.29) is 0 Å². The fourth-order valence-corrected chi connectivity index (χ4v) is 5.43. The molecule has 5 aromatic rings. The van der Waals surface area contributed by atoms with E-state index < -0.39 is 5.97 Å². The molecule has 218 valence electrons. The number of aromatic nitrogens is 3. The van der Waals surface area contributed by atoms with E-state index in [1.54, 1.807) is 6.07 Å². The highest BCUT2D eigenvalue weighted by atomic mass is 16.5. The van der Waals surface area contributed by atoms with Crippen molar-refractivity contribution in [1.82, 2.24) is 20.0 Å². The standard InChI is InChI=1S/C34H35N7O2/c1-5-6-15-31-36-29-20-28(34(42)43-4)23(3)35-33(29)40(31)21-24-16-18-25(19-17-24)26-12-8-9-13-27(26)32-37-39-41(38-32)30-14-10-7-11-22(30)2/h7-14,16-20,41H,5-6,15,21H2,1-4H3,(H,37,38). The number of methoxy groups -OCH3 is 1. The van der Waals surface area contributed by atoms with Crippen LogP contribution >= 0.6 is 0 Å². The number of amidine groups is 1. The van der Waals surface area contributed by atoms with Crippen LogP contribution in [0, 0.1) is 13.8 Å². The van der Waals surface area contributed by atoms with Gasteiger partial charge in [-0.3, -0.25) is 0 Å². The third kappa shape index (κ3) is 5.64. The number of rotatable bonds is 9. The van der Waals surface area contributed by atoms with Crippen molar-refractivity contribution in [2.75, 3.05) is 7.11 Å². The van der Waals surface area contributed by atoms with Crippen molar-refractivity contribution in [2.24, 2.45) is 5.10 Å². The van der Waals surface area contributed by atoms with E-state index in [0.717, 1.165) is 70.1 Å². The summed E-state index contributed by atoms with van der Waals surface area (Å²) in [6.45, 7) is 6.70. The molecular weight excluding hydrogens is 538 g/mol. The molecule has 6 rings (SSSR count). The monoisotopic (exact) mass is 573 g/mol. The van der Waals surface area contributed by atoms with Gasteiger partial charge in [0.05, 0.1) is 24.9 Å². The van der Waals surface area contributed by atoms with Crippen LogP contribution in [0.4, 0.5) is 5.69 Å². The van der Waals surface area contributed by atoms with Crippen molar-refractivity contribution >= 4 is 28.7 Å². The Hall–Kier alpha value is -4.86. The van der Waals surface area contributed by atoms with Gasteiger partial charge in [-0.1, -0.05) is 85.2 Å². The lowest BCUT2D eigenvalue weighted by Gasteiger charge is -2.19. The summed E-state index contributed by atoms with van der Waals surface area (Å²) in [6, 6.07) is 26.8. The van der Waals surface area contributed by atoms with Crippen molar-refractivity contribution in [3.05, 3.63) is 118 Å². The Balaban J connectivity index is 1.30. The Morgan fingerprint density at radius 2 is 1.72 bits per heavy atom. The predicted molar refractivity (Wildman–Crippen MR) is 168 cm³/mol. The van der Waals surface area contributed by atoms with Crippen LogP contribution in [0.25, 0.3) is 27.8 Å². The SMILES string of the molecule is CCCCc1nc2cc(C(=O)OC)c(C)nc2n1Cc1ccc(-c2ccccc2C2=N[NH+](c3ccccc3C)[N-]N2)cc1. The van der Waals surface area contributed by atoms with E-state index in [1.807, 2.05) is 37.3 Å². The van der Waals surface area contributed by atoms with Gasteiger partial charge in [0.25, 0.3) is 0 Å². The Kier molecular flexibility index (Phi) is 8.00. The fraction of sp³-hybridized carbons (Fsp3) is 0.235. The quantitative estimate of drug-likeness (QED) is 0.224. The number of imidazole rings is 1. The summed E-state index contributed by atoms with van der Waals surface area (Å²) in [5.74, 6) is 1.30. The van der Waals surface area contributed by atoms with Crippen molar-refractivity contribution in [2.45, 2.75) is 46.6 Å². The maximum absolute atomic E-state index is 12.3. The molecule has 9 heteroatoms. The topological polar surface area (TPSA) is 99.9 Å². The molecule has 9 nitrogen and oxygen atoms in total. The van der Waals surface area contributed by atoms with E-state index in [0.29, 0.717) is 28.4 Å². The highest BCUT2D eigenvalue weighted by molar-refractivity contribution is 6.05. The summed E-state index contributed by atoms with van der Waals surface area (Å²) in [4.78, 5) is 21.9. The fourth-order valence-electron chi connectivity index (χ4n) is 5.43. The number of unbranched alkanes of at least 4 members (excludes halogenated alkanes) is 1. The van der Waals surface area contributed by atoms with E-state index in [2.05, 4.69) is 71.8 Å². The lowest BCUT2D eigenvalue weighted by atomic mass is 9.98. The number of aryl methyl sites for hydroxylation is 3. The number of fused-ring (bicyclic) bond motifs is 1. The molecule has 2 aromatic heterocycles. The van der Waals surface area contributed by atoms with Gasteiger partial charge >= 0.3 is 5.97 Å². The van der Waals surface area contributed by atoms with Crippen LogP contribution in [-0.4, -0.2) is 33.4 Å². The molecule has 1 aliphatic rings. The summed E-state index contributed by atoms with van der Waals surface area (Å²) in [5.41, 5.74) is 16.7. The van der Waals surface area contributed by atoms with Crippen molar-refractivity contribution in [1.29, 1.82) is 0 Å². The molecule has 0 amide bonds. The number of nitrogens with zero attached hydrogens (tertiary/aromatic N) is 5. The zero-order valence-corrected chi connectivity index (χ0v) is 24.9. The van der Waals surface area contributed by atoms with Gasteiger partial charge in [0.1, 0.15) is 11.3 Å². The van der Waals surface area contributed by atoms with Crippen molar-refractivity contribution in [3.8, 4) is 11.1 Å². The number of hydrogen-bond donors (Lipinski definition) is 2. The Labute approximate surface area is 251 Å². The van der Waals surface area contributed by atoms with Gasteiger partial charge < -0.3 is 20.3 Å². The summed E-state index contributed by atoms with van der Waals surface area (Å²) in [5, 5.41) is 5.53. The first-order valence-electron chi connectivity index (χ1n) is 14.6. The second-order valence-corrected chi connectivity index (χ2v) is 10.7. The van der Waals surface area contributed by atoms with Crippen LogP contribution in [0.2, 0.25) is 0 Å². The lowest BCUT2D eigenvalue weighted by Crippen LogP contribution is -2.97. The second kappa shape index (κ2) is 12.2. The molecule has 0 spiro atoms. The molecular formula is C34H35N7O2. The maximum atomic E-state index is 12.3. The molecule has 2 N–H and O–H groups in total. The maximum Gasteiger partial charge on any atom is 0.339 e. The molecule has 0 fully saturated rings. The molecule has 3 heterocycles. The van der Waals surface area contributed by atoms with Crippen molar-refractivity contribution in [3.63, 3.8) is 0 Å². The largest absolute Gasteiger partial charge is 0.465 e. The zero-order chi connectivity index (χ0) is 29.9. The van der Waals surface area contributed by atoms with Crippen LogP contribution in [0.5, 0.6) is 0 Å². The normalized spacial score (nSPS) is 14.5. The number of carbonyl (C=O) groups excluding carboxylic acids is 1. The second-order valence-electron chi connectivity index (χ2n) is 10.7. The molecule has 0 saturated heterocycles. The summed E-state index contributed by atoms with van der Waals surface area (Å²) in [7, 11) is 1.38. The summed E-state index contributed by atoms with van der Waals surface area (Å²) >= 11 is 0. The minimum atomic E-state index is -0.399. The predicted octanol–water partition coefficient (Wildman–Crippen LogP) is 5.58. The molecule has 1 atom stereocenters. The molecule has 43 heavy (non-hydrogen) atoms. The van der Waals surface area contributed by atoms with Crippen LogP contribution < -0.4 is 10.5 Å². The van der Waals surface area contributed by atoms with Gasteiger partial charge in [-0.15, -0.1) is 0 Å². The van der Waals surface area contributed by atoms with Crippen LogP contribution in [-0.2, 0) is 17.7 Å². The van der Waals surface area contributed by atoms with Gasteiger partial charge in [-0.2, -0.15) is 0 Å². The van der Waals surface area contributed by atoms with Gasteiger partial charge in [-0.05, 0) is 43.0 Å². The van der Waals surface area contributed by atoms with E-state index in [4.69, 9.17) is 19.8 Å². The number of nitrogens with one attached hydrogen (secondary N) is 2. The number of quaternary nitrogens is 1. The number of ether oxygens (including phenoxy) is 1. The Bertz CT molecular complexity index is 1830. The molecule has 0 aliphatic carbocycles. The van der Waals surface area contributed by atoms with Gasteiger partial charge in [0, 0.05) is 23.6 Å². The van der Waals surface area contributed by atoms with E-state index >= 15 is 0 Å².